The van der Waals surface area contributed by atoms with E-state index in [1.54, 1.807) is 18.2 Å². The fourth-order valence-electron chi connectivity index (χ4n) is 1.42. The Kier molecular flexibility index (Phi) is 4.43. The lowest BCUT2D eigenvalue weighted by atomic mass is 10.2. The summed E-state index contributed by atoms with van der Waals surface area (Å²) in [6, 6.07) is 12.5. The number of hydrogen-bond donors (Lipinski definition) is 1. The molecule has 0 heterocycles. The lowest BCUT2D eigenvalue weighted by Crippen LogP contribution is -2.11. The summed E-state index contributed by atoms with van der Waals surface area (Å²) in [5.41, 5.74) is 1.25. The fourth-order valence-corrected chi connectivity index (χ4v) is 2.55. The molecule has 2 nitrogen and oxygen atoms in total. The van der Waals surface area contributed by atoms with Crippen LogP contribution >= 0.6 is 43.5 Å². The number of rotatable bonds is 2. The van der Waals surface area contributed by atoms with Crippen molar-refractivity contribution in [2.75, 3.05) is 5.32 Å². The second-order valence-corrected chi connectivity index (χ2v) is 5.89. The Morgan fingerprint density at radius 2 is 1.67 bits per heavy atom. The third kappa shape index (κ3) is 3.57. The molecule has 0 fully saturated rings. The predicted octanol–water partition coefficient (Wildman–Crippen LogP) is 5.12. The van der Waals surface area contributed by atoms with Gasteiger partial charge in [-0.05, 0) is 42.5 Å². The van der Waals surface area contributed by atoms with Crippen LogP contribution in [0.3, 0.4) is 0 Å². The van der Waals surface area contributed by atoms with Gasteiger partial charge in [-0.3, -0.25) is 4.79 Å². The summed E-state index contributed by atoms with van der Waals surface area (Å²) in [7, 11) is 0. The maximum absolute atomic E-state index is 12.0. The second kappa shape index (κ2) is 5.87. The minimum Gasteiger partial charge on any atom is -0.322 e. The first-order valence-electron chi connectivity index (χ1n) is 5.07. The number of halogens is 3. The molecule has 0 atom stereocenters. The highest BCUT2D eigenvalue weighted by atomic mass is 79.9. The maximum atomic E-state index is 12.0. The second-order valence-electron chi connectivity index (χ2n) is 3.62. The van der Waals surface area contributed by atoms with Crippen LogP contribution in [-0.2, 0) is 0 Å². The van der Waals surface area contributed by atoms with Gasteiger partial charge in [0.2, 0.25) is 0 Å². The molecule has 2 aromatic carbocycles. The molecular weight excluding hydrogens is 381 g/mol. The summed E-state index contributed by atoms with van der Waals surface area (Å²) >= 11 is 12.5. The summed E-state index contributed by atoms with van der Waals surface area (Å²) in [6.07, 6.45) is 0. The van der Waals surface area contributed by atoms with Gasteiger partial charge in [-0.25, -0.2) is 0 Å². The Morgan fingerprint density at radius 3 is 2.28 bits per heavy atom. The Bertz CT molecular complexity index is 564. The largest absolute Gasteiger partial charge is 0.322 e. The normalized spacial score (nSPS) is 10.2. The van der Waals surface area contributed by atoms with Crippen molar-refractivity contribution < 1.29 is 4.79 Å². The van der Waals surface area contributed by atoms with E-state index in [2.05, 4.69) is 37.2 Å². The average molecular weight is 389 g/mol. The van der Waals surface area contributed by atoms with E-state index in [-0.39, 0.29) is 5.91 Å². The van der Waals surface area contributed by atoms with E-state index in [9.17, 15) is 4.79 Å². The standard InChI is InChI=1S/C13H8Br2ClNO/c14-9-1-3-12(4-2-9)17-13(18)8-5-10(15)7-11(16)6-8/h1-7H,(H,17,18). The monoisotopic (exact) mass is 387 g/mol. The van der Waals surface area contributed by atoms with E-state index >= 15 is 0 Å². The van der Waals surface area contributed by atoms with Gasteiger partial charge in [-0.2, -0.15) is 0 Å². The molecule has 0 spiro atoms. The molecule has 0 unspecified atom stereocenters. The van der Waals surface area contributed by atoms with Crippen molar-refractivity contribution in [1.29, 1.82) is 0 Å². The molecular formula is C13H8Br2ClNO. The van der Waals surface area contributed by atoms with Crippen LogP contribution in [0.2, 0.25) is 5.02 Å². The van der Waals surface area contributed by atoms with Gasteiger partial charge in [0.1, 0.15) is 0 Å². The quantitative estimate of drug-likeness (QED) is 0.759. The van der Waals surface area contributed by atoms with Crippen molar-refractivity contribution in [1.82, 2.24) is 0 Å². The molecule has 0 bridgehead atoms. The van der Waals surface area contributed by atoms with Crippen molar-refractivity contribution in [3.63, 3.8) is 0 Å². The van der Waals surface area contributed by atoms with Crippen LogP contribution in [0.1, 0.15) is 10.4 Å². The third-order valence-corrected chi connectivity index (χ3v) is 3.43. The number of nitrogens with one attached hydrogen (secondary N) is 1. The molecule has 0 saturated carbocycles. The Balaban J connectivity index is 2.19. The van der Waals surface area contributed by atoms with E-state index in [0.717, 1.165) is 14.6 Å². The van der Waals surface area contributed by atoms with Crippen molar-refractivity contribution in [3.05, 3.63) is 62.0 Å². The van der Waals surface area contributed by atoms with Crippen LogP contribution < -0.4 is 5.32 Å². The van der Waals surface area contributed by atoms with E-state index < -0.39 is 0 Å². The van der Waals surface area contributed by atoms with Gasteiger partial charge >= 0.3 is 0 Å². The highest BCUT2D eigenvalue weighted by Gasteiger charge is 2.08. The van der Waals surface area contributed by atoms with Crippen LogP contribution in [0.5, 0.6) is 0 Å². The van der Waals surface area contributed by atoms with Gasteiger partial charge in [0.15, 0.2) is 0 Å². The van der Waals surface area contributed by atoms with Gasteiger partial charge in [0, 0.05) is 25.2 Å². The van der Waals surface area contributed by atoms with Crippen LogP contribution in [-0.4, -0.2) is 5.91 Å². The minimum atomic E-state index is -0.194. The molecule has 0 aliphatic rings. The van der Waals surface area contributed by atoms with Crippen LogP contribution in [0.15, 0.2) is 51.4 Å². The molecule has 2 aromatic rings. The summed E-state index contributed by atoms with van der Waals surface area (Å²) in [5, 5.41) is 3.32. The van der Waals surface area contributed by atoms with E-state index in [0.29, 0.717) is 10.6 Å². The molecule has 0 aromatic heterocycles. The van der Waals surface area contributed by atoms with Gasteiger partial charge < -0.3 is 5.32 Å². The smallest absolute Gasteiger partial charge is 0.255 e. The van der Waals surface area contributed by atoms with Gasteiger partial charge in [-0.15, -0.1) is 0 Å². The van der Waals surface area contributed by atoms with Gasteiger partial charge in [0.25, 0.3) is 5.91 Å². The molecule has 92 valence electrons. The van der Waals surface area contributed by atoms with E-state index in [1.807, 2.05) is 24.3 Å². The van der Waals surface area contributed by atoms with Crippen LogP contribution in [0, 0.1) is 0 Å². The average Bonchev–Trinajstić information content (AvgIpc) is 2.31. The zero-order valence-corrected chi connectivity index (χ0v) is 13.0. The molecule has 18 heavy (non-hydrogen) atoms. The molecule has 2 rings (SSSR count). The zero-order valence-electron chi connectivity index (χ0n) is 9.08. The summed E-state index contributed by atoms with van der Waals surface area (Å²) in [5.74, 6) is -0.194. The number of benzene rings is 2. The Morgan fingerprint density at radius 1 is 1.00 bits per heavy atom. The highest BCUT2D eigenvalue weighted by Crippen LogP contribution is 2.21. The van der Waals surface area contributed by atoms with Gasteiger partial charge in [-0.1, -0.05) is 43.5 Å². The predicted molar refractivity (Wildman–Crippen MR) is 81.2 cm³/mol. The summed E-state index contributed by atoms with van der Waals surface area (Å²) in [4.78, 5) is 12.0. The van der Waals surface area contributed by atoms with Crippen LogP contribution in [0.25, 0.3) is 0 Å². The number of carbonyl (C=O) groups is 1. The number of anilines is 1. The summed E-state index contributed by atoms with van der Waals surface area (Å²) < 4.78 is 1.74. The highest BCUT2D eigenvalue weighted by molar-refractivity contribution is 9.10. The van der Waals surface area contributed by atoms with Crippen molar-refractivity contribution >= 4 is 55.1 Å². The van der Waals surface area contributed by atoms with Crippen LogP contribution in [0.4, 0.5) is 5.69 Å². The van der Waals surface area contributed by atoms with Crippen molar-refractivity contribution in [2.45, 2.75) is 0 Å². The molecule has 5 heteroatoms. The Hall–Kier alpha value is -0.840. The molecule has 0 saturated heterocycles. The fraction of sp³-hybridized carbons (Fsp3) is 0. The van der Waals surface area contributed by atoms with Gasteiger partial charge in [0.05, 0.1) is 0 Å². The first-order chi connectivity index (χ1) is 8.54. The number of hydrogen-bond acceptors (Lipinski definition) is 1. The first kappa shape index (κ1) is 13.6. The number of amides is 1. The molecule has 1 amide bonds. The lowest BCUT2D eigenvalue weighted by Gasteiger charge is -2.06. The third-order valence-electron chi connectivity index (χ3n) is 2.23. The van der Waals surface area contributed by atoms with Crippen molar-refractivity contribution in [2.24, 2.45) is 0 Å². The SMILES string of the molecule is O=C(Nc1ccc(Br)cc1)c1cc(Cl)cc(Br)c1. The first-order valence-corrected chi connectivity index (χ1v) is 7.04. The molecule has 0 aliphatic heterocycles. The van der Waals surface area contributed by atoms with E-state index in [1.165, 1.54) is 0 Å². The zero-order chi connectivity index (χ0) is 13.1. The summed E-state index contributed by atoms with van der Waals surface area (Å²) in [6.45, 7) is 0. The molecule has 0 aliphatic carbocycles. The lowest BCUT2D eigenvalue weighted by molar-refractivity contribution is 0.102. The molecule has 1 N–H and O–H groups in total. The van der Waals surface area contributed by atoms with Crippen molar-refractivity contribution in [3.8, 4) is 0 Å². The molecule has 0 radical (unpaired) electrons. The topological polar surface area (TPSA) is 29.1 Å². The Labute approximate surface area is 127 Å². The maximum Gasteiger partial charge on any atom is 0.255 e. The van der Waals surface area contributed by atoms with E-state index in [4.69, 9.17) is 11.6 Å². The number of carbonyl (C=O) groups excluding carboxylic acids is 1. The minimum absolute atomic E-state index is 0.194.